The Morgan fingerprint density at radius 3 is 2.75 bits per heavy atom. The van der Waals surface area contributed by atoms with Gasteiger partial charge in [-0.1, -0.05) is 6.92 Å². The molecule has 0 bridgehead atoms. The van der Waals surface area contributed by atoms with Crippen LogP contribution in [0.3, 0.4) is 0 Å². The molecule has 1 aromatic heterocycles. The summed E-state index contributed by atoms with van der Waals surface area (Å²) in [5.41, 5.74) is 5.40. The third kappa shape index (κ3) is 3.00. The van der Waals surface area contributed by atoms with Gasteiger partial charge < -0.3 is 10.3 Å². The molecule has 0 saturated heterocycles. The minimum Gasteiger partial charge on any atom is -0.329 e. The third-order valence-electron chi connectivity index (χ3n) is 2.39. The lowest BCUT2D eigenvalue weighted by Crippen LogP contribution is -2.38. The van der Waals surface area contributed by atoms with Crippen molar-refractivity contribution < 1.29 is 8.42 Å². The van der Waals surface area contributed by atoms with E-state index in [2.05, 4.69) is 14.9 Å². The van der Waals surface area contributed by atoms with Gasteiger partial charge in [-0.05, 0) is 6.42 Å². The quantitative estimate of drug-likeness (QED) is 0.669. The fourth-order valence-corrected chi connectivity index (χ4v) is 2.52. The van der Waals surface area contributed by atoms with Gasteiger partial charge in [0.15, 0.2) is 0 Å². The first-order valence-electron chi connectivity index (χ1n) is 5.02. The van der Waals surface area contributed by atoms with E-state index in [-0.39, 0.29) is 13.1 Å². The number of aromatic nitrogens is 3. The zero-order valence-corrected chi connectivity index (χ0v) is 10.2. The maximum absolute atomic E-state index is 11.8. The molecule has 1 rings (SSSR count). The highest BCUT2D eigenvalue weighted by Gasteiger charge is 2.22. The molecule has 0 aliphatic carbocycles. The standard InChI is InChI=1S/C8H17N5O2S/c1-3-7(4-9)16(14,15)11-5-8-12-10-6-13(8)2/h6-7,11H,3-5,9H2,1-2H3. The van der Waals surface area contributed by atoms with Gasteiger partial charge in [-0.15, -0.1) is 10.2 Å². The predicted molar refractivity (Wildman–Crippen MR) is 59.9 cm³/mol. The molecule has 7 nitrogen and oxygen atoms in total. The Hall–Kier alpha value is -0.990. The second-order valence-electron chi connectivity index (χ2n) is 3.49. The fraction of sp³-hybridized carbons (Fsp3) is 0.750. The van der Waals surface area contributed by atoms with Crippen LogP contribution < -0.4 is 10.5 Å². The fourth-order valence-electron chi connectivity index (χ4n) is 1.26. The first-order chi connectivity index (χ1) is 7.51. The summed E-state index contributed by atoms with van der Waals surface area (Å²) in [6.45, 7) is 2.04. The SMILES string of the molecule is CCC(CN)S(=O)(=O)NCc1nncn1C. The van der Waals surface area contributed by atoms with Gasteiger partial charge in [0.2, 0.25) is 10.0 Å². The van der Waals surface area contributed by atoms with Gasteiger partial charge in [0.05, 0.1) is 11.8 Å². The van der Waals surface area contributed by atoms with Crippen molar-refractivity contribution in [1.82, 2.24) is 19.5 Å². The molecule has 0 saturated carbocycles. The van der Waals surface area contributed by atoms with Gasteiger partial charge in [0.1, 0.15) is 12.2 Å². The summed E-state index contributed by atoms with van der Waals surface area (Å²) < 4.78 is 27.6. The molecular formula is C8H17N5O2S. The van der Waals surface area contributed by atoms with E-state index in [1.807, 2.05) is 0 Å². The number of aryl methyl sites for hydroxylation is 1. The molecule has 0 aliphatic rings. The third-order valence-corrected chi connectivity index (χ3v) is 4.34. The highest BCUT2D eigenvalue weighted by atomic mass is 32.2. The highest BCUT2D eigenvalue weighted by Crippen LogP contribution is 2.03. The van der Waals surface area contributed by atoms with E-state index in [9.17, 15) is 8.42 Å². The van der Waals surface area contributed by atoms with Gasteiger partial charge in [-0.25, -0.2) is 13.1 Å². The average Bonchev–Trinajstić information content (AvgIpc) is 2.62. The topological polar surface area (TPSA) is 103 Å². The molecule has 92 valence electrons. The molecule has 1 atom stereocenters. The van der Waals surface area contributed by atoms with Gasteiger partial charge in [-0.3, -0.25) is 0 Å². The zero-order valence-electron chi connectivity index (χ0n) is 9.42. The van der Waals surface area contributed by atoms with Crippen LogP contribution >= 0.6 is 0 Å². The van der Waals surface area contributed by atoms with Crippen molar-refractivity contribution >= 4 is 10.0 Å². The highest BCUT2D eigenvalue weighted by molar-refractivity contribution is 7.90. The number of hydrogen-bond acceptors (Lipinski definition) is 5. The van der Waals surface area contributed by atoms with Crippen LogP contribution in [0, 0.1) is 0 Å². The lowest BCUT2D eigenvalue weighted by molar-refractivity contribution is 0.557. The van der Waals surface area contributed by atoms with Gasteiger partial charge in [-0.2, -0.15) is 0 Å². The summed E-state index contributed by atoms with van der Waals surface area (Å²) in [6, 6.07) is 0. The van der Waals surface area contributed by atoms with E-state index in [1.165, 1.54) is 6.33 Å². The Kier molecular flexibility index (Phi) is 4.39. The lowest BCUT2D eigenvalue weighted by Gasteiger charge is -2.13. The summed E-state index contributed by atoms with van der Waals surface area (Å²) in [6.07, 6.45) is 2.01. The van der Waals surface area contributed by atoms with Crippen LogP contribution in [0.25, 0.3) is 0 Å². The minimum absolute atomic E-state index is 0.116. The lowest BCUT2D eigenvalue weighted by atomic mass is 10.3. The number of nitrogens with two attached hydrogens (primary N) is 1. The molecular weight excluding hydrogens is 230 g/mol. The molecule has 0 fully saturated rings. The maximum atomic E-state index is 11.8. The smallest absolute Gasteiger partial charge is 0.216 e. The van der Waals surface area contributed by atoms with Crippen molar-refractivity contribution in [3.63, 3.8) is 0 Å². The Morgan fingerprint density at radius 1 is 1.62 bits per heavy atom. The second-order valence-corrected chi connectivity index (χ2v) is 5.54. The van der Waals surface area contributed by atoms with Gasteiger partial charge >= 0.3 is 0 Å². The van der Waals surface area contributed by atoms with Crippen LogP contribution in [0.15, 0.2) is 6.33 Å². The van der Waals surface area contributed by atoms with E-state index < -0.39 is 15.3 Å². The predicted octanol–water partition coefficient (Wildman–Crippen LogP) is -1.03. The molecule has 1 aromatic rings. The van der Waals surface area contributed by atoms with Crippen LogP contribution in [-0.4, -0.2) is 35.0 Å². The summed E-state index contributed by atoms with van der Waals surface area (Å²) >= 11 is 0. The summed E-state index contributed by atoms with van der Waals surface area (Å²) in [5, 5.41) is 6.89. The largest absolute Gasteiger partial charge is 0.329 e. The molecule has 8 heteroatoms. The molecule has 0 amide bonds. The number of sulfonamides is 1. The first-order valence-corrected chi connectivity index (χ1v) is 6.57. The van der Waals surface area contributed by atoms with Crippen molar-refractivity contribution in [3.05, 3.63) is 12.2 Å². The number of rotatable bonds is 6. The number of nitrogens with one attached hydrogen (secondary N) is 1. The molecule has 0 radical (unpaired) electrons. The molecule has 0 aromatic carbocycles. The first kappa shape index (κ1) is 13.1. The maximum Gasteiger partial charge on any atom is 0.216 e. The van der Waals surface area contributed by atoms with E-state index in [1.54, 1.807) is 18.5 Å². The molecule has 1 unspecified atom stereocenters. The van der Waals surface area contributed by atoms with Crippen molar-refractivity contribution in [1.29, 1.82) is 0 Å². The van der Waals surface area contributed by atoms with E-state index >= 15 is 0 Å². The van der Waals surface area contributed by atoms with Crippen molar-refractivity contribution in [2.75, 3.05) is 6.54 Å². The van der Waals surface area contributed by atoms with Crippen molar-refractivity contribution in [2.45, 2.75) is 25.1 Å². The number of nitrogens with zero attached hydrogens (tertiary/aromatic N) is 3. The van der Waals surface area contributed by atoms with Crippen LogP contribution in [0.5, 0.6) is 0 Å². The Balaban J connectivity index is 2.64. The van der Waals surface area contributed by atoms with E-state index in [0.717, 1.165) is 0 Å². The van der Waals surface area contributed by atoms with Crippen LogP contribution in [0.4, 0.5) is 0 Å². The Labute approximate surface area is 95.1 Å². The normalized spacial score (nSPS) is 13.9. The summed E-state index contributed by atoms with van der Waals surface area (Å²) in [7, 11) is -1.62. The molecule has 0 aliphatic heterocycles. The molecule has 16 heavy (non-hydrogen) atoms. The van der Waals surface area contributed by atoms with Crippen LogP contribution in [-0.2, 0) is 23.6 Å². The van der Waals surface area contributed by atoms with Crippen molar-refractivity contribution in [3.8, 4) is 0 Å². The van der Waals surface area contributed by atoms with Crippen LogP contribution in [0.1, 0.15) is 19.2 Å². The minimum atomic E-state index is -3.37. The summed E-state index contributed by atoms with van der Waals surface area (Å²) in [5.74, 6) is 0.565. The Bertz CT molecular complexity index is 423. The Morgan fingerprint density at radius 2 is 2.31 bits per heavy atom. The van der Waals surface area contributed by atoms with Gasteiger partial charge in [0.25, 0.3) is 0 Å². The van der Waals surface area contributed by atoms with E-state index in [0.29, 0.717) is 12.2 Å². The van der Waals surface area contributed by atoms with Crippen LogP contribution in [0.2, 0.25) is 0 Å². The molecule has 3 N–H and O–H groups in total. The second kappa shape index (κ2) is 5.37. The average molecular weight is 247 g/mol. The molecule has 1 heterocycles. The number of hydrogen-bond donors (Lipinski definition) is 2. The summed E-state index contributed by atoms with van der Waals surface area (Å²) in [4.78, 5) is 0. The molecule has 0 spiro atoms. The van der Waals surface area contributed by atoms with Crippen molar-refractivity contribution in [2.24, 2.45) is 12.8 Å². The van der Waals surface area contributed by atoms with Gasteiger partial charge in [0, 0.05) is 13.6 Å². The monoisotopic (exact) mass is 247 g/mol. The zero-order chi connectivity index (χ0) is 12.2. The van der Waals surface area contributed by atoms with E-state index in [4.69, 9.17) is 5.73 Å².